The van der Waals surface area contributed by atoms with Crippen LogP contribution in [0.15, 0.2) is 36.4 Å². The number of fused-ring (bicyclic) bond motifs is 1. The van der Waals surface area contributed by atoms with Crippen LogP contribution in [0.4, 0.5) is 11.4 Å². The SMILES string of the molecule is CCOC1c2cc(NC(=O)Cc3ccc(OC)cc3)c([N+](=O)[O-])cc2OC(C)(C)C1O. The maximum atomic E-state index is 12.6. The van der Waals surface area contributed by atoms with Gasteiger partial charge in [0.05, 0.1) is 24.5 Å². The van der Waals surface area contributed by atoms with E-state index in [-0.39, 0.29) is 23.5 Å². The van der Waals surface area contributed by atoms with E-state index in [1.54, 1.807) is 52.1 Å². The molecule has 2 aromatic carbocycles. The summed E-state index contributed by atoms with van der Waals surface area (Å²) >= 11 is 0. The Hall–Kier alpha value is -3.17. The van der Waals surface area contributed by atoms with Crippen molar-refractivity contribution in [2.75, 3.05) is 19.0 Å². The van der Waals surface area contributed by atoms with Gasteiger partial charge in [-0.15, -0.1) is 0 Å². The molecule has 9 nitrogen and oxygen atoms in total. The fraction of sp³-hybridized carbons (Fsp3) is 0.409. The molecule has 9 heteroatoms. The van der Waals surface area contributed by atoms with Crippen molar-refractivity contribution in [3.8, 4) is 11.5 Å². The van der Waals surface area contributed by atoms with Crippen LogP contribution < -0.4 is 14.8 Å². The number of ether oxygens (including phenoxy) is 3. The number of anilines is 1. The summed E-state index contributed by atoms with van der Waals surface area (Å²) in [6.07, 6.45) is -1.72. The Labute approximate surface area is 180 Å². The van der Waals surface area contributed by atoms with Crippen molar-refractivity contribution >= 4 is 17.3 Å². The summed E-state index contributed by atoms with van der Waals surface area (Å²) in [5, 5.41) is 24.9. The number of nitro benzene ring substituents is 1. The van der Waals surface area contributed by atoms with Gasteiger partial charge in [0.2, 0.25) is 5.91 Å². The lowest BCUT2D eigenvalue weighted by Crippen LogP contribution is -2.49. The molecule has 0 aliphatic carbocycles. The monoisotopic (exact) mass is 430 g/mol. The zero-order valence-electron chi connectivity index (χ0n) is 17.9. The molecule has 2 atom stereocenters. The van der Waals surface area contributed by atoms with Crippen LogP contribution in [0.1, 0.15) is 38.0 Å². The van der Waals surface area contributed by atoms with E-state index < -0.39 is 28.6 Å². The summed E-state index contributed by atoms with van der Waals surface area (Å²) in [4.78, 5) is 23.6. The van der Waals surface area contributed by atoms with Crippen LogP contribution in [0.3, 0.4) is 0 Å². The van der Waals surface area contributed by atoms with Gasteiger partial charge in [-0.2, -0.15) is 0 Å². The molecule has 2 aromatic rings. The van der Waals surface area contributed by atoms with Crippen molar-refractivity contribution in [3.05, 3.63) is 57.6 Å². The van der Waals surface area contributed by atoms with Gasteiger partial charge >= 0.3 is 0 Å². The standard InChI is InChI=1S/C22H26N2O7/c1-5-30-20-15-11-16(23-19(25)10-13-6-8-14(29-4)9-7-13)17(24(27)28)12-18(15)31-22(2,3)21(20)26/h6-9,11-12,20-21,26H,5,10H2,1-4H3,(H,23,25). The number of aliphatic hydroxyl groups excluding tert-OH is 1. The van der Waals surface area contributed by atoms with Gasteiger partial charge in [-0.25, -0.2) is 0 Å². The number of rotatable bonds is 7. The average Bonchev–Trinajstić information content (AvgIpc) is 2.71. The second-order valence-corrected chi connectivity index (χ2v) is 7.76. The molecule has 3 rings (SSSR count). The molecule has 166 valence electrons. The number of hydrogen-bond acceptors (Lipinski definition) is 7. The number of hydrogen-bond donors (Lipinski definition) is 2. The highest BCUT2D eigenvalue weighted by molar-refractivity contribution is 5.95. The van der Waals surface area contributed by atoms with E-state index in [9.17, 15) is 20.0 Å². The third-order valence-corrected chi connectivity index (χ3v) is 5.15. The second kappa shape index (κ2) is 8.91. The second-order valence-electron chi connectivity index (χ2n) is 7.76. The van der Waals surface area contributed by atoms with Gasteiger partial charge in [-0.3, -0.25) is 14.9 Å². The van der Waals surface area contributed by atoms with Crippen molar-refractivity contribution in [2.24, 2.45) is 0 Å². The van der Waals surface area contributed by atoms with E-state index >= 15 is 0 Å². The van der Waals surface area contributed by atoms with E-state index in [1.165, 1.54) is 12.1 Å². The van der Waals surface area contributed by atoms with Gasteiger partial charge in [0.15, 0.2) is 0 Å². The molecule has 0 radical (unpaired) electrons. The Morgan fingerprint density at radius 3 is 2.55 bits per heavy atom. The largest absolute Gasteiger partial charge is 0.497 e. The predicted octanol–water partition coefficient (Wildman–Crippen LogP) is 3.39. The van der Waals surface area contributed by atoms with Gasteiger partial charge < -0.3 is 24.6 Å². The highest BCUT2D eigenvalue weighted by Gasteiger charge is 2.44. The number of amides is 1. The molecule has 1 aliphatic rings. The van der Waals surface area contributed by atoms with Gasteiger partial charge in [0, 0.05) is 12.2 Å². The minimum atomic E-state index is -1.00. The van der Waals surface area contributed by atoms with Crippen LogP contribution >= 0.6 is 0 Å². The predicted molar refractivity (Wildman–Crippen MR) is 114 cm³/mol. The lowest BCUT2D eigenvalue weighted by molar-refractivity contribution is -0.384. The molecule has 1 amide bonds. The van der Waals surface area contributed by atoms with Crippen molar-refractivity contribution in [2.45, 2.75) is 45.0 Å². The minimum absolute atomic E-state index is 0.0162. The molecule has 1 heterocycles. The molecule has 0 spiro atoms. The molecule has 2 unspecified atom stereocenters. The summed E-state index contributed by atoms with van der Waals surface area (Å²) in [5.74, 6) is 0.491. The fourth-order valence-corrected chi connectivity index (χ4v) is 3.51. The number of aliphatic hydroxyl groups is 1. The highest BCUT2D eigenvalue weighted by Crippen LogP contribution is 2.45. The Balaban J connectivity index is 1.92. The summed E-state index contributed by atoms with van der Waals surface area (Å²) in [7, 11) is 1.55. The molecule has 2 N–H and O–H groups in total. The smallest absolute Gasteiger partial charge is 0.296 e. The van der Waals surface area contributed by atoms with Crippen LogP contribution in [0.25, 0.3) is 0 Å². The van der Waals surface area contributed by atoms with Gasteiger partial charge in [-0.1, -0.05) is 12.1 Å². The minimum Gasteiger partial charge on any atom is -0.497 e. The quantitative estimate of drug-likeness (QED) is 0.510. The Bertz CT molecular complexity index is 973. The van der Waals surface area contributed by atoms with Gasteiger partial charge in [0.25, 0.3) is 5.69 Å². The van der Waals surface area contributed by atoms with Crippen LogP contribution in [0.5, 0.6) is 11.5 Å². The number of carbonyl (C=O) groups is 1. The highest BCUT2D eigenvalue weighted by atomic mass is 16.6. The van der Waals surface area contributed by atoms with Crippen molar-refractivity contribution in [3.63, 3.8) is 0 Å². The Morgan fingerprint density at radius 2 is 1.97 bits per heavy atom. The van der Waals surface area contributed by atoms with Gasteiger partial charge in [-0.05, 0) is 44.5 Å². The molecule has 0 saturated carbocycles. The molecule has 31 heavy (non-hydrogen) atoms. The molecular weight excluding hydrogens is 404 g/mol. The lowest BCUT2D eigenvalue weighted by atomic mass is 9.88. The number of nitrogens with zero attached hydrogens (tertiary/aromatic N) is 1. The van der Waals surface area contributed by atoms with E-state index in [2.05, 4.69) is 5.32 Å². The van der Waals surface area contributed by atoms with Crippen LogP contribution in [-0.2, 0) is 16.0 Å². The number of benzene rings is 2. The normalized spacial score (nSPS) is 19.1. The number of methoxy groups -OCH3 is 1. The molecular formula is C22H26N2O7. The number of nitrogens with one attached hydrogen (secondary N) is 1. The van der Waals surface area contributed by atoms with E-state index in [4.69, 9.17) is 14.2 Å². The lowest BCUT2D eigenvalue weighted by Gasteiger charge is -2.41. The van der Waals surface area contributed by atoms with Crippen LogP contribution in [-0.4, -0.2) is 41.4 Å². The van der Waals surface area contributed by atoms with E-state index in [1.807, 2.05) is 0 Å². The van der Waals surface area contributed by atoms with Crippen LogP contribution in [0, 0.1) is 10.1 Å². The molecule has 1 aliphatic heterocycles. The molecule has 0 aromatic heterocycles. The number of nitro groups is 1. The first-order valence-electron chi connectivity index (χ1n) is 9.90. The zero-order chi connectivity index (χ0) is 22.8. The summed E-state index contributed by atoms with van der Waals surface area (Å²) < 4.78 is 16.6. The molecule has 0 saturated heterocycles. The first kappa shape index (κ1) is 22.5. The average molecular weight is 430 g/mol. The molecule has 0 bridgehead atoms. The summed E-state index contributed by atoms with van der Waals surface area (Å²) in [6.45, 7) is 5.48. The van der Waals surface area contributed by atoms with Crippen molar-refractivity contribution in [1.82, 2.24) is 0 Å². The molecule has 0 fully saturated rings. The first-order valence-corrected chi connectivity index (χ1v) is 9.90. The summed E-state index contributed by atoms with van der Waals surface area (Å²) in [6, 6.07) is 9.67. The maximum Gasteiger partial charge on any atom is 0.296 e. The van der Waals surface area contributed by atoms with Crippen molar-refractivity contribution < 1.29 is 29.0 Å². The Morgan fingerprint density at radius 1 is 1.29 bits per heavy atom. The Kier molecular flexibility index (Phi) is 6.47. The first-order chi connectivity index (χ1) is 14.7. The summed E-state index contributed by atoms with van der Waals surface area (Å²) in [5.41, 5.74) is -0.114. The van der Waals surface area contributed by atoms with Crippen molar-refractivity contribution in [1.29, 1.82) is 0 Å². The topological polar surface area (TPSA) is 120 Å². The fourth-order valence-electron chi connectivity index (χ4n) is 3.51. The van der Waals surface area contributed by atoms with Gasteiger partial charge in [0.1, 0.15) is 35.0 Å². The third kappa shape index (κ3) is 4.78. The van der Waals surface area contributed by atoms with E-state index in [0.29, 0.717) is 17.9 Å². The zero-order valence-corrected chi connectivity index (χ0v) is 17.9. The van der Waals surface area contributed by atoms with E-state index in [0.717, 1.165) is 5.56 Å². The maximum absolute atomic E-state index is 12.6. The number of carbonyl (C=O) groups excluding carboxylic acids is 1. The third-order valence-electron chi connectivity index (χ3n) is 5.15. The van der Waals surface area contributed by atoms with Crippen LogP contribution in [0.2, 0.25) is 0 Å².